The number of hydrogen-bond donors (Lipinski definition) is 4. The minimum Gasteiger partial charge on any atom is -0.404 e. The SMILES string of the molecule is O=P(O)(O)Oc1ccc2c(c1-c1c(OP(=O)(O)O)ccc3c1CCCC3)CCCC2. The van der Waals surface area contributed by atoms with Gasteiger partial charge in [-0.2, -0.15) is 0 Å². The van der Waals surface area contributed by atoms with E-state index in [1.807, 2.05) is 12.1 Å². The van der Waals surface area contributed by atoms with E-state index >= 15 is 0 Å². The fraction of sp³-hybridized carbons (Fsp3) is 0.400. The molecule has 162 valence electrons. The molecular weight excluding hydrogens is 430 g/mol. The summed E-state index contributed by atoms with van der Waals surface area (Å²) in [7, 11) is -9.70. The van der Waals surface area contributed by atoms with Crippen LogP contribution in [0.15, 0.2) is 24.3 Å². The van der Waals surface area contributed by atoms with Crippen LogP contribution in [0, 0.1) is 0 Å². The molecule has 8 nitrogen and oxygen atoms in total. The molecule has 4 N–H and O–H groups in total. The second-order valence-electron chi connectivity index (χ2n) is 7.73. The first-order chi connectivity index (χ1) is 14.1. The van der Waals surface area contributed by atoms with Gasteiger partial charge >= 0.3 is 15.6 Å². The lowest BCUT2D eigenvalue weighted by Crippen LogP contribution is -2.11. The normalized spacial score (nSPS) is 16.5. The standard InChI is InChI=1S/C20H24O8P2/c21-29(22,23)27-17-11-9-13-5-1-3-7-15(13)19(17)20-16-8-4-2-6-14(16)10-12-18(20)28-30(24,25)26/h9-12H,1-8H2,(H2,21,22,23)(H2,24,25,26). The molecule has 0 atom stereocenters. The predicted octanol–water partition coefficient (Wildman–Crippen LogP) is 4.05. The molecule has 0 bridgehead atoms. The molecule has 2 aliphatic rings. The second-order valence-corrected chi connectivity index (χ2v) is 10.1. The van der Waals surface area contributed by atoms with Crippen molar-refractivity contribution in [1.82, 2.24) is 0 Å². The third-order valence-corrected chi connectivity index (χ3v) is 6.54. The number of aryl methyl sites for hydroxylation is 2. The molecule has 0 fully saturated rings. The van der Waals surface area contributed by atoms with E-state index < -0.39 is 15.6 Å². The van der Waals surface area contributed by atoms with Gasteiger partial charge in [-0.3, -0.25) is 19.6 Å². The maximum atomic E-state index is 11.7. The molecule has 2 aromatic rings. The van der Waals surface area contributed by atoms with Crippen molar-refractivity contribution >= 4 is 15.6 Å². The quantitative estimate of drug-likeness (QED) is 0.497. The summed E-state index contributed by atoms with van der Waals surface area (Å²) < 4.78 is 33.4. The Kier molecular flexibility index (Phi) is 5.84. The van der Waals surface area contributed by atoms with Crippen molar-refractivity contribution < 1.29 is 37.8 Å². The largest absolute Gasteiger partial charge is 0.524 e. The topological polar surface area (TPSA) is 134 Å². The first-order valence-corrected chi connectivity index (χ1v) is 13.0. The van der Waals surface area contributed by atoms with Gasteiger partial charge in [0.25, 0.3) is 0 Å². The molecule has 2 aliphatic carbocycles. The Morgan fingerprint density at radius 2 is 0.967 bits per heavy atom. The summed E-state index contributed by atoms with van der Waals surface area (Å²) in [6.07, 6.45) is 6.83. The van der Waals surface area contributed by atoms with Crippen LogP contribution in [0.2, 0.25) is 0 Å². The van der Waals surface area contributed by atoms with Crippen molar-refractivity contribution in [3.8, 4) is 22.6 Å². The van der Waals surface area contributed by atoms with Gasteiger partial charge in [-0.1, -0.05) is 12.1 Å². The zero-order valence-electron chi connectivity index (χ0n) is 16.3. The van der Waals surface area contributed by atoms with E-state index in [2.05, 4.69) is 0 Å². The number of benzene rings is 2. The van der Waals surface area contributed by atoms with Gasteiger partial charge in [0, 0.05) is 11.1 Å². The molecule has 30 heavy (non-hydrogen) atoms. The average molecular weight is 454 g/mol. The van der Waals surface area contributed by atoms with Crippen LogP contribution in [-0.4, -0.2) is 19.6 Å². The van der Waals surface area contributed by atoms with E-state index in [1.54, 1.807) is 0 Å². The fourth-order valence-corrected chi connectivity index (χ4v) is 5.39. The first-order valence-electron chi connectivity index (χ1n) is 9.92. The van der Waals surface area contributed by atoms with Crippen LogP contribution in [0.25, 0.3) is 11.1 Å². The van der Waals surface area contributed by atoms with Crippen LogP contribution in [0.1, 0.15) is 47.9 Å². The van der Waals surface area contributed by atoms with E-state index in [-0.39, 0.29) is 11.5 Å². The van der Waals surface area contributed by atoms with Gasteiger partial charge in [-0.15, -0.1) is 0 Å². The van der Waals surface area contributed by atoms with E-state index in [0.717, 1.165) is 60.8 Å². The summed E-state index contributed by atoms with van der Waals surface area (Å²) in [5.41, 5.74) is 4.81. The Morgan fingerprint density at radius 1 is 0.600 bits per heavy atom. The van der Waals surface area contributed by atoms with Gasteiger partial charge in [-0.25, -0.2) is 9.13 Å². The smallest absolute Gasteiger partial charge is 0.404 e. The maximum Gasteiger partial charge on any atom is 0.524 e. The Hall–Kier alpha value is -1.66. The van der Waals surface area contributed by atoms with E-state index in [9.17, 15) is 28.7 Å². The Labute approximate surface area is 174 Å². The summed E-state index contributed by atoms with van der Waals surface area (Å²) in [5.74, 6) is -0.00274. The monoisotopic (exact) mass is 454 g/mol. The third kappa shape index (κ3) is 4.65. The Bertz CT molecular complexity index is 983. The lowest BCUT2D eigenvalue weighted by atomic mass is 9.80. The summed E-state index contributed by atoms with van der Waals surface area (Å²) >= 11 is 0. The molecule has 0 amide bonds. The molecule has 0 saturated heterocycles. The zero-order valence-corrected chi connectivity index (χ0v) is 18.1. The number of phosphoric ester groups is 2. The van der Waals surface area contributed by atoms with Crippen molar-refractivity contribution in [2.75, 3.05) is 0 Å². The minimum absolute atomic E-state index is 0.00137. The molecule has 0 spiro atoms. The highest BCUT2D eigenvalue weighted by atomic mass is 31.2. The van der Waals surface area contributed by atoms with Crippen molar-refractivity contribution in [3.05, 3.63) is 46.5 Å². The van der Waals surface area contributed by atoms with Crippen molar-refractivity contribution in [1.29, 1.82) is 0 Å². The maximum absolute atomic E-state index is 11.7. The van der Waals surface area contributed by atoms with Gasteiger partial charge in [0.15, 0.2) is 0 Å². The first kappa shape index (κ1) is 21.6. The number of hydrogen-bond acceptors (Lipinski definition) is 4. The Morgan fingerprint density at radius 3 is 1.33 bits per heavy atom. The zero-order chi connectivity index (χ0) is 21.5. The number of fused-ring (bicyclic) bond motifs is 2. The number of phosphoric acid groups is 2. The minimum atomic E-state index is -4.85. The lowest BCUT2D eigenvalue weighted by Gasteiger charge is -2.27. The predicted molar refractivity (Wildman–Crippen MR) is 111 cm³/mol. The number of rotatable bonds is 5. The molecule has 0 unspecified atom stereocenters. The Balaban J connectivity index is 2.03. The summed E-state index contributed by atoms with van der Waals surface area (Å²) in [6, 6.07) is 6.67. The second kappa shape index (κ2) is 8.12. The molecular formula is C20H24O8P2. The molecule has 4 rings (SSSR count). The van der Waals surface area contributed by atoms with Crippen molar-refractivity contribution in [2.24, 2.45) is 0 Å². The fourth-order valence-electron chi connectivity index (χ4n) is 4.57. The van der Waals surface area contributed by atoms with Crippen molar-refractivity contribution in [2.45, 2.75) is 51.4 Å². The molecule has 0 heterocycles. The summed E-state index contributed by atoms with van der Waals surface area (Å²) in [6.45, 7) is 0. The molecule has 0 radical (unpaired) electrons. The van der Waals surface area contributed by atoms with Gasteiger partial charge in [0.2, 0.25) is 0 Å². The van der Waals surface area contributed by atoms with Crippen LogP contribution < -0.4 is 9.05 Å². The van der Waals surface area contributed by atoms with Gasteiger partial charge in [-0.05, 0) is 85.8 Å². The summed E-state index contributed by atoms with van der Waals surface area (Å²) in [4.78, 5) is 37.9. The molecule has 0 aliphatic heterocycles. The van der Waals surface area contributed by atoms with Crippen molar-refractivity contribution in [3.63, 3.8) is 0 Å². The summed E-state index contributed by atoms with van der Waals surface area (Å²) in [5, 5.41) is 0. The van der Waals surface area contributed by atoms with E-state index in [1.165, 1.54) is 12.1 Å². The molecule has 0 saturated carbocycles. The van der Waals surface area contributed by atoms with Gasteiger partial charge in [0.05, 0.1) is 0 Å². The lowest BCUT2D eigenvalue weighted by molar-refractivity contribution is 0.279. The van der Waals surface area contributed by atoms with Crippen LogP contribution in [0.4, 0.5) is 0 Å². The van der Waals surface area contributed by atoms with Crippen LogP contribution in [0.5, 0.6) is 11.5 Å². The highest BCUT2D eigenvalue weighted by Gasteiger charge is 2.30. The third-order valence-electron chi connectivity index (χ3n) is 5.67. The average Bonchev–Trinajstić information content (AvgIpc) is 2.66. The molecule has 10 heteroatoms. The molecule has 0 aromatic heterocycles. The van der Waals surface area contributed by atoms with Gasteiger partial charge < -0.3 is 9.05 Å². The van der Waals surface area contributed by atoms with Crippen LogP contribution >= 0.6 is 15.6 Å². The highest BCUT2D eigenvalue weighted by molar-refractivity contribution is 7.47. The van der Waals surface area contributed by atoms with E-state index in [4.69, 9.17) is 9.05 Å². The van der Waals surface area contributed by atoms with Crippen LogP contribution in [0.3, 0.4) is 0 Å². The highest BCUT2D eigenvalue weighted by Crippen LogP contribution is 2.52. The van der Waals surface area contributed by atoms with Crippen LogP contribution in [-0.2, 0) is 34.8 Å². The van der Waals surface area contributed by atoms with Gasteiger partial charge in [0.1, 0.15) is 11.5 Å². The van der Waals surface area contributed by atoms with E-state index in [0.29, 0.717) is 24.0 Å². The molecule has 2 aromatic carbocycles.